The van der Waals surface area contributed by atoms with Crippen molar-refractivity contribution < 1.29 is 4.79 Å². The molecule has 1 heterocycles. The second-order valence-electron chi connectivity index (χ2n) is 2.41. The standard InChI is InChI=1S/C6H10INO/c1-8-4-5(7)2-3-6(8)9/h5H,2-4H2,1H3. The molecule has 9 heavy (non-hydrogen) atoms. The Bertz CT molecular complexity index is 126. The van der Waals surface area contributed by atoms with Gasteiger partial charge >= 0.3 is 0 Å². The highest BCUT2D eigenvalue weighted by molar-refractivity contribution is 14.1. The molecule has 0 spiro atoms. The topological polar surface area (TPSA) is 20.3 Å². The van der Waals surface area contributed by atoms with E-state index >= 15 is 0 Å². The third kappa shape index (κ3) is 1.81. The first-order valence-corrected chi connectivity index (χ1v) is 4.33. The summed E-state index contributed by atoms with van der Waals surface area (Å²) in [6, 6.07) is 0. The van der Waals surface area contributed by atoms with Gasteiger partial charge in [0.25, 0.3) is 0 Å². The number of nitrogens with zero attached hydrogens (tertiary/aromatic N) is 1. The van der Waals surface area contributed by atoms with Gasteiger partial charge in [0.2, 0.25) is 5.91 Å². The van der Waals surface area contributed by atoms with Crippen molar-refractivity contribution in [3.8, 4) is 0 Å². The monoisotopic (exact) mass is 239 g/mol. The summed E-state index contributed by atoms with van der Waals surface area (Å²) in [6.07, 6.45) is 1.80. The first kappa shape index (κ1) is 7.31. The molecule has 1 atom stereocenters. The molecule has 0 N–H and O–H groups in total. The van der Waals surface area contributed by atoms with Crippen molar-refractivity contribution in [3.05, 3.63) is 0 Å². The summed E-state index contributed by atoms with van der Waals surface area (Å²) in [5.41, 5.74) is 0. The van der Waals surface area contributed by atoms with E-state index in [1.807, 2.05) is 7.05 Å². The van der Waals surface area contributed by atoms with Gasteiger partial charge < -0.3 is 4.90 Å². The van der Waals surface area contributed by atoms with Crippen LogP contribution in [0.4, 0.5) is 0 Å². The first-order valence-electron chi connectivity index (χ1n) is 3.08. The second kappa shape index (κ2) is 2.86. The zero-order chi connectivity index (χ0) is 6.85. The zero-order valence-corrected chi connectivity index (χ0v) is 7.59. The highest BCUT2D eigenvalue weighted by atomic mass is 127. The number of halogens is 1. The lowest BCUT2D eigenvalue weighted by atomic mass is 10.1. The van der Waals surface area contributed by atoms with Gasteiger partial charge in [0, 0.05) is 23.9 Å². The summed E-state index contributed by atoms with van der Waals surface area (Å²) in [4.78, 5) is 12.7. The van der Waals surface area contributed by atoms with Crippen LogP contribution in [0.2, 0.25) is 0 Å². The molecule has 1 saturated heterocycles. The van der Waals surface area contributed by atoms with Gasteiger partial charge in [-0.05, 0) is 6.42 Å². The van der Waals surface area contributed by atoms with Crippen LogP contribution in [0, 0.1) is 0 Å². The van der Waals surface area contributed by atoms with Gasteiger partial charge in [-0.2, -0.15) is 0 Å². The Balaban J connectivity index is 2.44. The molecule has 0 aromatic carbocycles. The van der Waals surface area contributed by atoms with Gasteiger partial charge in [0.05, 0.1) is 0 Å². The molecule has 1 aliphatic heterocycles. The summed E-state index contributed by atoms with van der Waals surface area (Å²) in [5.74, 6) is 0.294. The van der Waals surface area contributed by atoms with Crippen LogP contribution >= 0.6 is 22.6 Å². The zero-order valence-electron chi connectivity index (χ0n) is 5.43. The summed E-state index contributed by atoms with van der Waals surface area (Å²) in [6.45, 7) is 0.930. The van der Waals surface area contributed by atoms with E-state index in [4.69, 9.17) is 0 Å². The summed E-state index contributed by atoms with van der Waals surface area (Å²) in [7, 11) is 1.87. The lowest BCUT2D eigenvalue weighted by Crippen LogP contribution is -2.36. The van der Waals surface area contributed by atoms with Crippen LogP contribution in [0.25, 0.3) is 0 Å². The quantitative estimate of drug-likeness (QED) is 0.457. The Hall–Kier alpha value is 0.200. The maximum atomic E-state index is 10.9. The van der Waals surface area contributed by atoms with Gasteiger partial charge in [-0.3, -0.25) is 4.79 Å². The van der Waals surface area contributed by atoms with E-state index in [-0.39, 0.29) is 0 Å². The average molecular weight is 239 g/mol. The van der Waals surface area contributed by atoms with E-state index in [0.29, 0.717) is 9.83 Å². The molecule has 0 aromatic rings. The highest BCUT2D eigenvalue weighted by Gasteiger charge is 2.19. The minimum absolute atomic E-state index is 0.294. The van der Waals surface area contributed by atoms with Gasteiger partial charge in [-0.25, -0.2) is 0 Å². The third-order valence-corrected chi connectivity index (χ3v) is 2.59. The predicted molar refractivity (Wildman–Crippen MR) is 44.7 cm³/mol. The molecule has 1 fully saturated rings. The first-order chi connectivity index (χ1) is 4.20. The van der Waals surface area contributed by atoms with Gasteiger partial charge in [-0.1, -0.05) is 22.6 Å². The molecule has 0 radical (unpaired) electrons. The lowest BCUT2D eigenvalue weighted by Gasteiger charge is -2.25. The molecule has 3 heteroatoms. The summed E-state index contributed by atoms with van der Waals surface area (Å²) >= 11 is 2.39. The van der Waals surface area contributed by atoms with Gasteiger partial charge in [0.1, 0.15) is 0 Å². The minimum atomic E-state index is 0.294. The molecule has 1 rings (SSSR count). The van der Waals surface area contributed by atoms with Crippen LogP contribution in [0.15, 0.2) is 0 Å². The molecule has 1 aliphatic rings. The van der Waals surface area contributed by atoms with E-state index < -0.39 is 0 Å². The summed E-state index contributed by atoms with van der Waals surface area (Å²) in [5, 5.41) is 0. The van der Waals surface area contributed by atoms with Gasteiger partial charge in [0.15, 0.2) is 0 Å². The lowest BCUT2D eigenvalue weighted by molar-refractivity contribution is -0.131. The fraction of sp³-hybridized carbons (Fsp3) is 0.833. The Morgan fingerprint density at radius 3 is 2.89 bits per heavy atom. The van der Waals surface area contributed by atoms with Crippen LogP contribution in [0.1, 0.15) is 12.8 Å². The van der Waals surface area contributed by atoms with Crippen molar-refractivity contribution in [2.45, 2.75) is 16.8 Å². The fourth-order valence-electron chi connectivity index (χ4n) is 0.961. The molecule has 2 nitrogen and oxygen atoms in total. The number of hydrogen-bond donors (Lipinski definition) is 0. The van der Waals surface area contributed by atoms with E-state index in [1.165, 1.54) is 0 Å². The number of amides is 1. The Labute approximate surface area is 68.7 Å². The maximum absolute atomic E-state index is 10.9. The van der Waals surface area contributed by atoms with Crippen molar-refractivity contribution in [2.24, 2.45) is 0 Å². The second-order valence-corrected chi connectivity index (χ2v) is 4.17. The molecular formula is C6H10INO. The predicted octanol–water partition coefficient (Wildman–Crippen LogP) is 1.04. The van der Waals surface area contributed by atoms with Crippen molar-refractivity contribution in [3.63, 3.8) is 0 Å². The van der Waals surface area contributed by atoms with Crippen LogP contribution in [-0.4, -0.2) is 28.3 Å². The van der Waals surface area contributed by atoms with E-state index in [0.717, 1.165) is 19.4 Å². The van der Waals surface area contributed by atoms with Crippen molar-refractivity contribution >= 4 is 28.5 Å². The number of piperidine rings is 1. The Kier molecular flexibility index (Phi) is 2.32. The molecule has 0 saturated carbocycles. The molecule has 0 aromatic heterocycles. The van der Waals surface area contributed by atoms with E-state index in [9.17, 15) is 4.79 Å². The Morgan fingerprint density at radius 2 is 2.44 bits per heavy atom. The molecule has 0 bridgehead atoms. The smallest absolute Gasteiger partial charge is 0.222 e. The number of rotatable bonds is 0. The fourth-order valence-corrected chi connectivity index (χ4v) is 1.86. The van der Waals surface area contributed by atoms with Crippen molar-refractivity contribution in [2.75, 3.05) is 13.6 Å². The molecule has 0 aliphatic carbocycles. The minimum Gasteiger partial charge on any atom is -0.345 e. The van der Waals surface area contributed by atoms with Crippen LogP contribution in [-0.2, 0) is 4.79 Å². The van der Waals surface area contributed by atoms with E-state index in [1.54, 1.807) is 4.90 Å². The molecule has 1 unspecified atom stereocenters. The molecular weight excluding hydrogens is 229 g/mol. The van der Waals surface area contributed by atoms with Crippen LogP contribution in [0.3, 0.4) is 0 Å². The Morgan fingerprint density at radius 1 is 1.78 bits per heavy atom. The number of hydrogen-bond acceptors (Lipinski definition) is 1. The summed E-state index contributed by atoms with van der Waals surface area (Å²) < 4.78 is 0.672. The number of carbonyl (C=O) groups excluding carboxylic acids is 1. The molecule has 1 amide bonds. The molecule has 52 valence electrons. The average Bonchev–Trinajstić information content (AvgIpc) is 1.80. The van der Waals surface area contributed by atoms with Gasteiger partial charge in [-0.15, -0.1) is 0 Å². The number of carbonyl (C=O) groups is 1. The van der Waals surface area contributed by atoms with Crippen LogP contribution < -0.4 is 0 Å². The van der Waals surface area contributed by atoms with Crippen molar-refractivity contribution in [1.82, 2.24) is 4.90 Å². The maximum Gasteiger partial charge on any atom is 0.222 e. The largest absolute Gasteiger partial charge is 0.345 e. The third-order valence-electron chi connectivity index (χ3n) is 1.57. The van der Waals surface area contributed by atoms with Crippen molar-refractivity contribution in [1.29, 1.82) is 0 Å². The number of likely N-dealkylation sites (tertiary alicyclic amines) is 1. The number of alkyl halides is 1. The SMILES string of the molecule is CN1CC(I)CCC1=O. The van der Waals surface area contributed by atoms with Crippen LogP contribution in [0.5, 0.6) is 0 Å². The van der Waals surface area contributed by atoms with E-state index in [2.05, 4.69) is 22.6 Å². The highest BCUT2D eigenvalue weighted by Crippen LogP contribution is 2.16. The normalized spacial score (nSPS) is 28.9.